The maximum Gasteiger partial charge on any atom is 0.343 e. The van der Waals surface area contributed by atoms with E-state index in [4.69, 9.17) is 9.47 Å². The molecule has 0 bridgehead atoms. The molecule has 0 radical (unpaired) electrons. The Morgan fingerprint density at radius 1 is 0.806 bits per heavy atom. The highest BCUT2D eigenvalue weighted by molar-refractivity contribution is 5.92. The van der Waals surface area contributed by atoms with Crippen LogP contribution in [0.1, 0.15) is 79.0 Å². The molecule has 168 valence electrons. The van der Waals surface area contributed by atoms with E-state index >= 15 is 0 Å². The standard InChI is InChI=1S/C25H32O6/c1-2-3-4-5-6-7-8-9-23(18-26)31-25(29)20-12-16-22(17-13-20)30-24(28)19-10-14-21(27)15-11-19/h10-17,23,26-27H,2-9,18H2,1H3. The summed E-state index contributed by atoms with van der Waals surface area (Å²) in [5.41, 5.74) is 0.625. The van der Waals surface area contributed by atoms with Gasteiger partial charge in [-0.2, -0.15) is 0 Å². The normalized spacial score (nSPS) is 11.7. The minimum atomic E-state index is -0.564. The van der Waals surface area contributed by atoms with Crippen molar-refractivity contribution in [3.05, 3.63) is 59.7 Å². The lowest BCUT2D eigenvalue weighted by molar-refractivity contribution is 0.0107. The van der Waals surface area contributed by atoms with Crippen molar-refractivity contribution in [1.29, 1.82) is 0 Å². The average molecular weight is 429 g/mol. The van der Waals surface area contributed by atoms with Gasteiger partial charge in [0.2, 0.25) is 0 Å². The van der Waals surface area contributed by atoms with Crippen molar-refractivity contribution in [2.45, 2.75) is 64.4 Å². The molecule has 0 saturated heterocycles. The number of carbonyl (C=O) groups excluding carboxylic acids is 2. The van der Waals surface area contributed by atoms with Crippen molar-refractivity contribution in [1.82, 2.24) is 0 Å². The van der Waals surface area contributed by atoms with Gasteiger partial charge in [0.1, 0.15) is 17.6 Å². The predicted octanol–water partition coefficient (Wildman–Crippen LogP) is 5.27. The first kappa shape index (κ1) is 24.4. The Bertz CT molecular complexity index is 798. The summed E-state index contributed by atoms with van der Waals surface area (Å²) in [4.78, 5) is 24.4. The molecule has 0 amide bonds. The number of phenols is 1. The SMILES string of the molecule is CCCCCCCCCC(CO)OC(=O)c1ccc(OC(=O)c2ccc(O)cc2)cc1. The van der Waals surface area contributed by atoms with Crippen molar-refractivity contribution in [2.24, 2.45) is 0 Å². The summed E-state index contributed by atoms with van der Waals surface area (Å²) in [6.07, 6.45) is 8.24. The minimum absolute atomic E-state index is 0.0626. The topological polar surface area (TPSA) is 93.1 Å². The number of phenolic OH excluding ortho intramolecular Hbond substituents is 1. The molecule has 6 heteroatoms. The Labute approximate surface area is 183 Å². The summed E-state index contributed by atoms with van der Waals surface area (Å²) in [5, 5.41) is 18.8. The molecule has 31 heavy (non-hydrogen) atoms. The molecule has 0 fully saturated rings. The number of hydrogen-bond donors (Lipinski definition) is 2. The van der Waals surface area contributed by atoms with Gasteiger partial charge >= 0.3 is 11.9 Å². The zero-order valence-electron chi connectivity index (χ0n) is 18.1. The zero-order chi connectivity index (χ0) is 22.5. The van der Waals surface area contributed by atoms with Crippen LogP contribution in [0.3, 0.4) is 0 Å². The number of hydrogen-bond acceptors (Lipinski definition) is 6. The summed E-state index contributed by atoms with van der Waals surface area (Å²) in [6.45, 7) is 1.99. The zero-order valence-corrected chi connectivity index (χ0v) is 18.1. The van der Waals surface area contributed by atoms with E-state index in [-0.39, 0.29) is 18.1 Å². The van der Waals surface area contributed by atoms with E-state index in [0.717, 1.165) is 19.3 Å². The van der Waals surface area contributed by atoms with Crippen LogP contribution in [0.25, 0.3) is 0 Å². The first-order valence-corrected chi connectivity index (χ1v) is 11.0. The quantitative estimate of drug-likeness (QED) is 0.256. The second kappa shape index (κ2) is 13.4. The summed E-state index contributed by atoms with van der Waals surface area (Å²) >= 11 is 0. The molecule has 0 aliphatic rings. The highest BCUT2D eigenvalue weighted by Crippen LogP contribution is 2.18. The van der Waals surface area contributed by atoms with E-state index < -0.39 is 18.0 Å². The van der Waals surface area contributed by atoms with Crippen molar-refractivity contribution in [3.8, 4) is 11.5 Å². The Kier molecular flexibility index (Phi) is 10.6. The van der Waals surface area contributed by atoms with Gasteiger partial charge in [0, 0.05) is 0 Å². The van der Waals surface area contributed by atoms with Gasteiger partial charge in [-0.15, -0.1) is 0 Å². The number of aliphatic hydroxyl groups excluding tert-OH is 1. The van der Waals surface area contributed by atoms with E-state index in [9.17, 15) is 19.8 Å². The molecule has 0 aliphatic heterocycles. The van der Waals surface area contributed by atoms with Crippen molar-refractivity contribution in [2.75, 3.05) is 6.61 Å². The molecule has 0 saturated carbocycles. The van der Waals surface area contributed by atoms with Gasteiger partial charge < -0.3 is 19.7 Å². The maximum atomic E-state index is 12.3. The van der Waals surface area contributed by atoms with Gasteiger partial charge in [0.15, 0.2) is 0 Å². The molecular formula is C25H32O6. The molecule has 0 heterocycles. The summed E-state index contributed by atoms with van der Waals surface area (Å²) in [7, 11) is 0. The lowest BCUT2D eigenvalue weighted by Crippen LogP contribution is -2.22. The maximum absolute atomic E-state index is 12.3. The summed E-state index contributed by atoms with van der Waals surface area (Å²) < 4.78 is 10.7. The van der Waals surface area contributed by atoms with Crippen LogP contribution in [0.5, 0.6) is 11.5 Å². The second-order valence-electron chi connectivity index (χ2n) is 7.58. The second-order valence-corrected chi connectivity index (χ2v) is 7.58. The molecule has 2 aromatic carbocycles. The minimum Gasteiger partial charge on any atom is -0.508 e. The van der Waals surface area contributed by atoms with Crippen LogP contribution >= 0.6 is 0 Å². The van der Waals surface area contributed by atoms with Crippen LogP contribution in [0.2, 0.25) is 0 Å². The van der Waals surface area contributed by atoms with Crippen LogP contribution in [0.4, 0.5) is 0 Å². The number of ether oxygens (including phenoxy) is 2. The van der Waals surface area contributed by atoms with Gasteiger partial charge in [0.25, 0.3) is 0 Å². The van der Waals surface area contributed by atoms with Gasteiger partial charge in [0.05, 0.1) is 17.7 Å². The third-order valence-corrected chi connectivity index (χ3v) is 5.01. The van der Waals surface area contributed by atoms with Crippen molar-refractivity contribution in [3.63, 3.8) is 0 Å². The lowest BCUT2D eigenvalue weighted by atomic mass is 10.1. The van der Waals surface area contributed by atoms with E-state index in [1.807, 2.05) is 0 Å². The Balaban J connectivity index is 1.78. The number of esters is 2. The fraction of sp³-hybridized carbons (Fsp3) is 0.440. The van der Waals surface area contributed by atoms with Crippen LogP contribution < -0.4 is 4.74 Å². The Morgan fingerprint density at radius 3 is 1.97 bits per heavy atom. The summed E-state index contributed by atoms with van der Waals surface area (Å²) in [6, 6.07) is 11.8. The number of rotatable bonds is 13. The molecule has 1 atom stereocenters. The first-order chi connectivity index (χ1) is 15.0. The Hall–Kier alpha value is -2.86. The van der Waals surface area contributed by atoms with Crippen LogP contribution in [-0.2, 0) is 4.74 Å². The number of aromatic hydroxyl groups is 1. The third kappa shape index (κ3) is 8.80. The lowest BCUT2D eigenvalue weighted by Gasteiger charge is -2.15. The van der Waals surface area contributed by atoms with Gasteiger partial charge in [-0.3, -0.25) is 0 Å². The highest BCUT2D eigenvalue weighted by atomic mass is 16.6. The number of carbonyl (C=O) groups is 2. The molecule has 2 aromatic rings. The van der Waals surface area contributed by atoms with Crippen molar-refractivity contribution >= 4 is 11.9 Å². The van der Waals surface area contributed by atoms with E-state index in [1.54, 1.807) is 0 Å². The van der Waals surface area contributed by atoms with Gasteiger partial charge in [-0.1, -0.05) is 45.4 Å². The summed E-state index contributed by atoms with van der Waals surface area (Å²) in [5.74, 6) is -0.729. The largest absolute Gasteiger partial charge is 0.508 e. The third-order valence-electron chi connectivity index (χ3n) is 5.01. The monoisotopic (exact) mass is 428 g/mol. The predicted molar refractivity (Wildman–Crippen MR) is 118 cm³/mol. The molecule has 0 spiro atoms. The number of aliphatic hydroxyl groups is 1. The fourth-order valence-corrected chi connectivity index (χ4v) is 3.16. The van der Waals surface area contributed by atoms with Crippen molar-refractivity contribution < 1.29 is 29.3 Å². The average Bonchev–Trinajstić information content (AvgIpc) is 2.78. The van der Waals surface area contributed by atoms with E-state index in [0.29, 0.717) is 17.5 Å². The molecule has 2 rings (SSSR count). The smallest absolute Gasteiger partial charge is 0.343 e. The van der Waals surface area contributed by atoms with Crippen LogP contribution in [0, 0.1) is 0 Å². The van der Waals surface area contributed by atoms with E-state index in [1.165, 1.54) is 74.2 Å². The molecule has 1 unspecified atom stereocenters. The number of unbranched alkanes of at least 4 members (excludes halogenated alkanes) is 6. The molecule has 2 N–H and O–H groups in total. The Morgan fingerprint density at radius 2 is 1.35 bits per heavy atom. The van der Waals surface area contributed by atoms with Crippen LogP contribution in [-0.4, -0.2) is 34.9 Å². The van der Waals surface area contributed by atoms with Gasteiger partial charge in [-0.05, 0) is 61.4 Å². The van der Waals surface area contributed by atoms with E-state index in [2.05, 4.69) is 6.92 Å². The van der Waals surface area contributed by atoms with Crippen LogP contribution in [0.15, 0.2) is 48.5 Å². The molecule has 6 nitrogen and oxygen atoms in total. The highest BCUT2D eigenvalue weighted by Gasteiger charge is 2.16. The molecular weight excluding hydrogens is 396 g/mol. The number of benzene rings is 2. The first-order valence-electron chi connectivity index (χ1n) is 11.0. The molecule has 0 aliphatic carbocycles. The fourth-order valence-electron chi connectivity index (χ4n) is 3.16. The molecule has 0 aromatic heterocycles. The van der Waals surface area contributed by atoms with Gasteiger partial charge in [-0.25, -0.2) is 9.59 Å².